The summed E-state index contributed by atoms with van der Waals surface area (Å²) in [4.78, 5) is 18.4. The van der Waals surface area contributed by atoms with Crippen LogP contribution in [0.5, 0.6) is 5.75 Å². The molecule has 0 aliphatic carbocycles. The number of carbonyl (C=O) groups is 1. The second kappa shape index (κ2) is 8.22. The van der Waals surface area contributed by atoms with Gasteiger partial charge in [-0.15, -0.1) is 5.10 Å². The standard InChI is InChI=1S/C20H20BrN5O3/c1-25-16-9-14(21)7-8-17(16)29-11-15(20(25)28)23-19(27)18-22-12-26(24-18)10-13-5-3-2-4-6-13/h2-9,12,15,20,28H,10-11H2,1H3,(H,23,27)/t15-,20?/m0/s1. The molecule has 2 aromatic carbocycles. The molecule has 1 amide bonds. The molecule has 0 bridgehead atoms. The molecule has 1 unspecified atom stereocenters. The van der Waals surface area contributed by atoms with Crippen LogP contribution in [0.25, 0.3) is 0 Å². The van der Waals surface area contributed by atoms with Crippen LogP contribution in [0.15, 0.2) is 59.3 Å². The number of hydrogen-bond acceptors (Lipinski definition) is 6. The van der Waals surface area contributed by atoms with E-state index in [0.29, 0.717) is 12.3 Å². The van der Waals surface area contributed by atoms with E-state index in [0.717, 1.165) is 15.7 Å². The Kier molecular flexibility index (Phi) is 5.50. The summed E-state index contributed by atoms with van der Waals surface area (Å²) in [5, 5.41) is 17.7. The van der Waals surface area contributed by atoms with Gasteiger partial charge in [0.2, 0.25) is 5.82 Å². The average molecular weight is 458 g/mol. The number of carbonyl (C=O) groups excluding carboxylic acids is 1. The molecule has 1 aromatic heterocycles. The lowest BCUT2D eigenvalue weighted by molar-refractivity contribution is 0.0762. The summed E-state index contributed by atoms with van der Waals surface area (Å²) in [6, 6.07) is 14.7. The van der Waals surface area contributed by atoms with E-state index in [1.807, 2.05) is 48.5 Å². The maximum Gasteiger partial charge on any atom is 0.291 e. The van der Waals surface area contributed by atoms with Crippen LogP contribution in [-0.4, -0.2) is 51.7 Å². The summed E-state index contributed by atoms with van der Waals surface area (Å²) in [5.41, 5.74) is 1.79. The molecule has 0 saturated carbocycles. The van der Waals surface area contributed by atoms with Crippen molar-refractivity contribution in [1.29, 1.82) is 0 Å². The highest BCUT2D eigenvalue weighted by Gasteiger charge is 2.31. The number of aliphatic hydroxyl groups is 1. The van der Waals surface area contributed by atoms with Gasteiger partial charge in [0, 0.05) is 11.5 Å². The van der Waals surface area contributed by atoms with Crippen molar-refractivity contribution in [1.82, 2.24) is 20.1 Å². The van der Waals surface area contributed by atoms with Crippen LogP contribution in [0, 0.1) is 0 Å². The Labute approximate surface area is 176 Å². The molecule has 2 heterocycles. The number of fused-ring (bicyclic) bond motifs is 1. The van der Waals surface area contributed by atoms with Crippen molar-refractivity contribution in [2.45, 2.75) is 18.8 Å². The molecular weight excluding hydrogens is 438 g/mol. The predicted molar refractivity (Wildman–Crippen MR) is 111 cm³/mol. The molecular formula is C20H20BrN5O3. The van der Waals surface area contributed by atoms with Crippen molar-refractivity contribution in [3.8, 4) is 5.75 Å². The Hall–Kier alpha value is -2.91. The lowest BCUT2D eigenvalue weighted by atomic mass is 10.2. The van der Waals surface area contributed by atoms with E-state index in [1.165, 1.54) is 6.33 Å². The maximum atomic E-state index is 12.6. The van der Waals surface area contributed by atoms with Gasteiger partial charge in [-0.1, -0.05) is 46.3 Å². The number of nitrogens with one attached hydrogen (secondary N) is 1. The molecule has 2 N–H and O–H groups in total. The fourth-order valence-electron chi connectivity index (χ4n) is 3.16. The molecule has 150 valence electrons. The Balaban J connectivity index is 1.45. The second-order valence-electron chi connectivity index (χ2n) is 6.78. The minimum atomic E-state index is -0.971. The van der Waals surface area contributed by atoms with Crippen LogP contribution in [0.4, 0.5) is 5.69 Å². The quantitative estimate of drug-likeness (QED) is 0.622. The van der Waals surface area contributed by atoms with Crippen LogP contribution in [0.1, 0.15) is 16.2 Å². The molecule has 0 fully saturated rings. The summed E-state index contributed by atoms with van der Waals surface area (Å²) < 4.78 is 8.27. The summed E-state index contributed by atoms with van der Waals surface area (Å²) in [7, 11) is 1.75. The number of anilines is 1. The van der Waals surface area contributed by atoms with Gasteiger partial charge in [0.25, 0.3) is 5.91 Å². The first-order valence-electron chi connectivity index (χ1n) is 9.09. The highest BCUT2D eigenvalue weighted by Crippen LogP contribution is 2.34. The third-order valence-electron chi connectivity index (χ3n) is 4.72. The molecule has 0 spiro atoms. The topological polar surface area (TPSA) is 92.5 Å². The summed E-state index contributed by atoms with van der Waals surface area (Å²) >= 11 is 3.42. The highest BCUT2D eigenvalue weighted by molar-refractivity contribution is 9.10. The first kappa shape index (κ1) is 19.4. The average Bonchev–Trinajstić information content (AvgIpc) is 3.16. The third-order valence-corrected chi connectivity index (χ3v) is 5.21. The Morgan fingerprint density at radius 1 is 1.31 bits per heavy atom. The molecule has 4 rings (SSSR count). The first-order chi connectivity index (χ1) is 14.0. The first-order valence-corrected chi connectivity index (χ1v) is 9.88. The van der Waals surface area contributed by atoms with Gasteiger partial charge in [-0.3, -0.25) is 4.79 Å². The Morgan fingerprint density at radius 3 is 2.90 bits per heavy atom. The molecule has 2 atom stereocenters. The fraction of sp³-hybridized carbons (Fsp3) is 0.250. The van der Waals surface area contributed by atoms with E-state index >= 15 is 0 Å². The van der Waals surface area contributed by atoms with E-state index in [2.05, 4.69) is 31.3 Å². The maximum absolute atomic E-state index is 12.6. The number of aromatic nitrogens is 3. The molecule has 1 aliphatic heterocycles. The number of ether oxygens (including phenoxy) is 1. The van der Waals surface area contributed by atoms with Crippen molar-refractivity contribution in [3.63, 3.8) is 0 Å². The van der Waals surface area contributed by atoms with Gasteiger partial charge in [-0.25, -0.2) is 9.67 Å². The molecule has 29 heavy (non-hydrogen) atoms. The Morgan fingerprint density at radius 2 is 2.10 bits per heavy atom. The number of halogens is 1. The Bertz CT molecular complexity index is 1010. The van der Waals surface area contributed by atoms with Crippen LogP contribution >= 0.6 is 15.9 Å². The van der Waals surface area contributed by atoms with Crippen LogP contribution in [-0.2, 0) is 6.54 Å². The third kappa shape index (κ3) is 4.25. The molecule has 1 aliphatic rings. The van der Waals surface area contributed by atoms with E-state index in [9.17, 15) is 9.90 Å². The predicted octanol–water partition coefficient (Wildman–Crippen LogP) is 2.03. The largest absolute Gasteiger partial charge is 0.489 e. The van der Waals surface area contributed by atoms with Gasteiger partial charge < -0.3 is 20.1 Å². The van der Waals surface area contributed by atoms with Crippen LogP contribution in [0.2, 0.25) is 0 Å². The van der Waals surface area contributed by atoms with Crippen molar-refractivity contribution < 1.29 is 14.6 Å². The minimum Gasteiger partial charge on any atom is -0.489 e. The van der Waals surface area contributed by atoms with E-state index in [1.54, 1.807) is 16.6 Å². The lowest BCUT2D eigenvalue weighted by Gasteiger charge is -2.28. The van der Waals surface area contributed by atoms with E-state index in [4.69, 9.17) is 4.74 Å². The van der Waals surface area contributed by atoms with Gasteiger partial charge in [0.05, 0.1) is 12.2 Å². The second-order valence-corrected chi connectivity index (χ2v) is 7.69. The van der Waals surface area contributed by atoms with Crippen molar-refractivity contribution in [3.05, 3.63) is 70.7 Å². The molecule has 9 heteroatoms. The number of benzene rings is 2. The zero-order valence-electron chi connectivity index (χ0n) is 15.7. The van der Waals surface area contributed by atoms with E-state index in [-0.39, 0.29) is 12.4 Å². The van der Waals surface area contributed by atoms with Gasteiger partial charge in [-0.2, -0.15) is 0 Å². The monoisotopic (exact) mass is 457 g/mol. The van der Waals surface area contributed by atoms with Crippen LogP contribution < -0.4 is 15.0 Å². The summed E-state index contributed by atoms with van der Waals surface area (Å²) in [6.45, 7) is 0.639. The van der Waals surface area contributed by atoms with Crippen molar-refractivity contribution in [2.24, 2.45) is 0 Å². The summed E-state index contributed by atoms with van der Waals surface area (Å²) in [6.07, 6.45) is 0.544. The van der Waals surface area contributed by atoms with Gasteiger partial charge in [0.15, 0.2) is 6.23 Å². The molecule has 0 radical (unpaired) electrons. The number of rotatable bonds is 4. The van der Waals surface area contributed by atoms with Gasteiger partial charge in [-0.05, 0) is 23.8 Å². The number of amides is 1. The SMILES string of the molecule is CN1c2cc(Br)ccc2OC[C@H](NC(=O)c2ncn(Cc3ccccc3)n2)C1O. The molecule has 8 nitrogen and oxygen atoms in total. The smallest absolute Gasteiger partial charge is 0.291 e. The number of nitrogens with zero attached hydrogens (tertiary/aromatic N) is 4. The lowest BCUT2D eigenvalue weighted by Crippen LogP contribution is -2.52. The minimum absolute atomic E-state index is 0.0419. The van der Waals surface area contributed by atoms with Gasteiger partial charge in [0.1, 0.15) is 24.7 Å². The number of aliphatic hydroxyl groups excluding tert-OH is 1. The fourth-order valence-corrected chi connectivity index (χ4v) is 3.51. The zero-order chi connectivity index (χ0) is 20.4. The van der Waals surface area contributed by atoms with Crippen molar-refractivity contribution >= 4 is 27.5 Å². The zero-order valence-corrected chi connectivity index (χ0v) is 17.3. The highest BCUT2D eigenvalue weighted by atomic mass is 79.9. The molecule has 0 saturated heterocycles. The van der Waals surface area contributed by atoms with Crippen molar-refractivity contribution in [2.75, 3.05) is 18.6 Å². The summed E-state index contributed by atoms with van der Waals surface area (Å²) in [5.74, 6) is 0.210. The van der Waals surface area contributed by atoms with Gasteiger partial charge >= 0.3 is 0 Å². The van der Waals surface area contributed by atoms with E-state index < -0.39 is 18.2 Å². The molecule has 3 aromatic rings. The number of hydrogen-bond donors (Lipinski definition) is 2. The van der Waals surface area contributed by atoms with Crippen LogP contribution in [0.3, 0.4) is 0 Å². The number of likely N-dealkylation sites (N-methyl/N-ethyl adjacent to an activating group) is 1. The normalized spacial score (nSPS) is 18.5.